The third kappa shape index (κ3) is 5.33. The first kappa shape index (κ1) is 24.1. The summed E-state index contributed by atoms with van der Waals surface area (Å²) in [6, 6.07) is 22.2. The minimum Gasteiger partial charge on any atom is -0.481 e. The van der Waals surface area contributed by atoms with Crippen molar-refractivity contribution in [2.24, 2.45) is 0 Å². The Hall–Kier alpha value is -4.59. The highest BCUT2D eigenvalue weighted by atomic mass is 16.6. The Kier molecular flexibility index (Phi) is 6.64. The van der Waals surface area contributed by atoms with Gasteiger partial charge >= 0.3 is 12.1 Å². The largest absolute Gasteiger partial charge is 0.481 e. The molecular formula is C29H27N3O5. The van der Waals surface area contributed by atoms with Crippen LogP contribution in [0.2, 0.25) is 0 Å². The number of imidazole rings is 1. The van der Waals surface area contributed by atoms with E-state index in [1.54, 1.807) is 29.2 Å². The molecule has 0 aliphatic carbocycles. The van der Waals surface area contributed by atoms with Gasteiger partial charge < -0.3 is 19.6 Å². The van der Waals surface area contributed by atoms with E-state index in [2.05, 4.69) is 9.97 Å². The van der Waals surface area contributed by atoms with Gasteiger partial charge in [0.15, 0.2) is 0 Å². The van der Waals surface area contributed by atoms with Crippen molar-refractivity contribution in [1.82, 2.24) is 14.9 Å². The summed E-state index contributed by atoms with van der Waals surface area (Å²) in [6.45, 7) is 4.15. The molecule has 0 spiro atoms. The van der Waals surface area contributed by atoms with Gasteiger partial charge in [0.25, 0.3) is 0 Å². The number of carbonyl (C=O) groups is 2. The molecule has 1 aliphatic heterocycles. The number of ether oxygens (including phenoxy) is 2. The standard InChI is InChI=1S/C29H27N3O5/c1-18-16-30-28(31-18)22-11-12-25(36-24-10-6-7-20(13-24)14-26(33)34)23(15-22)17-32-19(2)27(37-29(32)35)21-8-4-3-5-9-21/h3-13,15-16,19,27H,14,17H2,1-2H3,(H,30,31)(H,33,34)/t19-,27-/m0/s1. The first-order valence-corrected chi connectivity index (χ1v) is 12.0. The monoisotopic (exact) mass is 497 g/mol. The van der Waals surface area contributed by atoms with Crippen molar-refractivity contribution in [2.45, 2.75) is 39.0 Å². The maximum Gasteiger partial charge on any atom is 0.411 e. The van der Waals surface area contributed by atoms with Crippen molar-refractivity contribution in [1.29, 1.82) is 0 Å². The van der Waals surface area contributed by atoms with Crippen LogP contribution in [-0.2, 0) is 22.5 Å². The van der Waals surface area contributed by atoms with E-state index in [1.807, 2.05) is 68.6 Å². The average Bonchev–Trinajstić information content (AvgIpc) is 3.43. The highest BCUT2D eigenvalue weighted by Crippen LogP contribution is 2.36. The number of carboxylic acids is 1. The van der Waals surface area contributed by atoms with Gasteiger partial charge in [-0.25, -0.2) is 9.78 Å². The van der Waals surface area contributed by atoms with E-state index in [-0.39, 0.29) is 25.1 Å². The lowest BCUT2D eigenvalue weighted by Gasteiger charge is -2.22. The summed E-state index contributed by atoms with van der Waals surface area (Å²) >= 11 is 0. The summed E-state index contributed by atoms with van der Waals surface area (Å²) in [6.07, 6.45) is 0.966. The molecule has 2 N–H and O–H groups in total. The van der Waals surface area contributed by atoms with E-state index >= 15 is 0 Å². The Bertz CT molecular complexity index is 1430. The van der Waals surface area contributed by atoms with Gasteiger partial charge in [0.2, 0.25) is 0 Å². The second-order valence-corrected chi connectivity index (χ2v) is 9.12. The molecule has 5 rings (SSSR count). The molecule has 1 fully saturated rings. The maximum absolute atomic E-state index is 12.9. The zero-order chi connectivity index (χ0) is 25.9. The van der Waals surface area contributed by atoms with Crippen LogP contribution in [0.5, 0.6) is 11.5 Å². The topological polar surface area (TPSA) is 105 Å². The van der Waals surface area contributed by atoms with Crippen molar-refractivity contribution in [3.8, 4) is 22.9 Å². The highest BCUT2D eigenvalue weighted by molar-refractivity contribution is 5.72. The number of hydrogen-bond acceptors (Lipinski definition) is 5. The zero-order valence-corrected chi connectivity index (χ0v) is 20.5. The SMILES string of the molecule is Cc1c[nH]c(-c2ccc(Oc3cccc(CC(=O)O)c3)c(CN3C(=O)O[C@H](c4ccccc4)[C@@H]3C)c2)n1. The molecule has 0 saturated carbocycles. The number of hydrogen-bond donors (Lipinski definition) is 2. The molecular weight excluding hydrogens is 470 g/mol. The molecule has 1 aliphatic rings. The molecule has 188 valence electrons. The predicted molar refractivity (Wildman–Crippen MR) is 137 cm³/mol. The second-order valence-electron chi connectivity index (χ2n) is 9.12. The summed E-state index contributed by atoms with van der Waals surface area (Å²) in [4.78, 5) is 33.5. The van der Waals surface area contributed by atoms with E-state index in [4.69, 9.17) is 14.6 Å². The fourth-order valence-corrected chi connectivity index (χ4v) is 4.52. The van der Waals surface area contributed by atoms with Crippen LogP contribution in [0.4, 0.5) is 4.79 Å². The number of aromatic amines is 1. The molecule has 0 radical (unpaired) electrons. The van der Waals surface area contributed by atoms with Gasteiger partial charge in [0.05, 0.1) is 24.7 Å². The van der Waals surface area contributed by atoms with Crippen LogP contribution in [0, 0.1) is 6.92 Å². The maximum atomic E-state index is 12.9. The Balaban J connectivity index is 1.47. The Labute approximate surface area is 214 Å². The lowest BCUT2D eigenvalue weighted by molar-refractivity contribution is -0.136. The number of nitrogens with zero attached hydrogens (tertiary/aromatic N) is 2. The van der Waals surface area contributed by atoms with Crippen LogP contribution in [0.25, 0.3) is 11.4 Å². The molecule has 8 nitrogen and oxygen atoms in total. The van der Waals surface area contributed by atoms with E-state index in [9.17, 15) is 9.59 Å². The molecule has 0 bridgehead atoms. The molecule has 3 aromatic carbocycles. The summed E-state index contributed by atoms with van der Waals surface area (Å²) in [5.74, 6) is 0.877. The lowest BCUT2D eigenvalue weighted by Crippen LogP contribution is -2.31. The minimum atomic E-state index is -0.912. The van der Waals surface area contributed by atoms with Gasteiger partial charge in [-0.3, -0.25) is 9.69 Å². The van der Waals surface area contributed by atoms with Crippen molar-refractivity contribution >= 4 is 12.1 Å². The Morgan fingerprint density at radius 2 is 1.92 bits per heavy atom. The number of cyclic esters (lactones) is 1. The molecule has 4 aromatic rings. The number of carbonyl (C=O) groups excluding carboxylic acids is 1. The summed E-state index contributed by atoms with van der Waals surface area (Å²) < 4.78 is 12.0. The van der Waals surface area contributed by atoms with Gasteiger partial charge in [-0.1, -0.05) is 42.5 Å². The molecule has 1 amide bonds. The number of nitrogens with one attached hydrogen (secondary N) is 1. The smallest absolute Gasteiger partial charge is 0.411 e. The summed E-state index contributed by atoms with van der Waals surface area (Å²) in [7, 11) is 0. The van der Waals surface area contributed by atoms with Crippen LogP contribution in [0.1, 0.15) is 35.4 Å². The predicted octanol–water partition coefficient (Wildman–Crippen LogP) is 5.89. The summed E-state index contributed by atoms with van der Waals surface area (Å²) in [5.41, 5.74) is 4.08. The second kappa shape index (κ2) is 10.2. The Morgan fingerprint density at radius 3 is 2.65 bits per heavy atom. The first-order chi connectivity index (χ1) is 17.9. The normalized spacial score (nSPS) is 17.0. The quantitative estimate of drug-likeness (QED) is 0.315. The number of benzene rings is 3. The Morgan fingerprint density at radius 1 is 1.11 bits per heavy atom. The van der Waals surface area contributed by atoms with Crippen LogP contribution in [0.15, 0.2) is 79.0 Å². The lowest BCUT2D eigenvalue weighted by atomic mass is 10.0. The van der Waals surface area contributed by atoms with Gasteiger partial charge in [0, 0.05) is 17.3 Å². The number of aliphatic carboxylic acids is 1. The van der Waals surface area contributed by atoms with Gasteiger partial charge in [0.1, 0.15) is 23.4 Å². The number of aryl methyl sites for hydroxylation is 1. The van der Waals surface area contributed by atoms with Crippen LogP contribution in [-0.4, -0.2) is 38.1 Å². The van der Waals surface area contributed by atoms with E-state index < -0.39 is 12.1 Å². The van der Waals surface area contributed by atoms with Gasteiger partial charge in [-0.2, -0.15) is 0 Å². The van der Waals surface area contributed by atoms with E-state index in [1.165, 1.54) is 0 Å². The zero-order valence-electron chi connectivity index (χ0n) is 20.5. The van der Waals surface area contributed by atoms with Gasteiger partial charge in [-0.05, 0) is 55.3 Å². The van der Waals surface area contributed by atoms with Gasteiger partial charge in [-0.15, -0.1) is 0 Å². The third-order valence-corrected chi connectivity index (χ3v) is 6.38. The van der Waals surface area contributed by atoms with Crippen molar-refractivity contribution < 1.29 is 24.2 Å². The number of carboxylic acid groups (broad SMARTS) is 1. The van der Waals surface area contributed by atoms with Crippen molar-refractivity contribution in [3.05, 3.63) is 101 Å². The molecule has 8 heteroatoms. The molecule has 2 heterocycles. The minimum absolute atomic E-state index is 0.0984. The molecule has 2 atom stereocenters. The van der Waals surface area contributed by atoms with Crippen LogP contribution < -0.4 is 4.74 Å². The number of H-pyrrole nitrogens is 1. The first-order valence-electron chi connectivity index (χ1n) is 12.0. The number of rotatable bonds is 8. The van der Waals surface area contributed by atoms with Crippen LogP contribution >= 0.6 is 0 Å². The molecule has 1 aromatic heterocycles. The average molecular weight is 498 g/mol. The number of aromatic nitrogens is 2. The number of amides is 1. The fourth-order valence-electron chi connectivity index (χ4n) is 4.52. The van der Waals surface area contributed by atoms with Crippen LogP contribution in [0.3, 0.4) is 0 Å². The molecule has 0 unspecified atom stereocenters. The van der Waals surface area contributed by atoms with E-state index in [0.29, 0.717) is 22.9 Å². The van der Waals surface area contributed by atoms with E-state index in [0.717, 1.165) is 22.4 Å². The van der Waals surface area contributed by atoms with Crippen molar-refractivity contribution in [2.75, 3.05) is 0 Å². The summed E-state index contributed by atoms with van der Waals surface area (Å²) in [5, 5.41) is 9.15. The van der Waals surface area contributed by atoms with Crippen molar-refractivity contribution in [3.63, 3.8) is 0 Å². The molecule has 1 saturated heterocycles. The molecule has 37 heavy (non-hydrogen) atoms. The highest BCUT2D eigenvalue weighted by Gasteiger charge is 2.40. The fraction of sp³-hybridized carbons (Fsp3) is 0.207. The third-order valence-electron chi connectivity index (χ3n) is 6.38.